The van der Waals surface area contributed by atoms with Gasteiger partial charge in [0.1, 0.15) is 17.1 Å². The molecule has 0 aliphatic heterocycles. The fourth-order valence-electron chi connectivity index (χ4n) is 4.45. The number of anilines is 1. The Morgan fingerprint density at radius 1 is 0.850 bits per heavy atom. The molecule has 0 bridgehead atoms. The molecule has 0 N–H and O–H groups in total. The molecule has 0 radical (unpaired) electrons. The average molecular weight is 556 g/mol. The maximum absolute atomic E-state index is 14.1. The molecule has 8 heteroatoms. The first kappa shape index (κ1) is 27.0. The maximum atomic E-state index is 14.1. The monoisotopic (exact) mass is 555 g/mol. The second kappa shape index (κ2) is 11.7. The molecule has 1 aromatic heterocycles. The number of para-hydroxylation sites is 1. The summed E-state index contributed by atoms with van der Waals surface area (Å²) in [6.45, 7) is 3.86. The van der Waals surface area contributed by atoms with E-state index >= 15 is 0 Å². The third-order valence-electron chi connectivity index (χ3n) is 6.51. The molecule has 0 saturated heterocycles. The van der Waals surface area contributed by atoms with Crippen molar-refractivity contribution in [3.8, 4) is 11.5 Å². The van der Waals surface area contributed by atoms with Gasteiger partial charge >= 0.3 is 5.97 Å². The van der Waals surface area contributed by atoms with Gasteiger partial charge in [0.05, 0.1) is 17.2 Å². The SMILES string of the molecule is CCOC(=O)c1oc2ccc(S(=O)(=O)N(CCc3ccccc3)c3ccc(Oc4ccccc4)cc3)cc2c1C. The zero-order valence-corrected chi connectivity index (χ0v) is 23.1. The zero-order chi connectivity index (χ0) is 28.1. The lowest BCUT2D eigenvalue weighted by Gasteiger charge is -2.25. The highest BCUT2D eigenvalue weighted by Crippen LogP contribution is 2.32. The van der Waals surface area contributed by atoms with Crippen molar-refractivity contribution in [1.29, 1.82) is 0 Å². The summed E-state index contributed by atoms with van der Waals surface area (Å²) in [7, 11) is -3.99. The second-order valence-corrected chi connectivity index (χ2v) is 11.0. The third kappa shape index (κ3) is 5.72. The van der Waals surface area contributed by atoms with Crippen LogP contribution in [0.1, 0.15) is 28.6 Å². The van der Waals surface area contributed by atoms with Gasteiger partial charge in [-0.25, -0.2) is 13.2 Å². The molecule has 0 saturated carbocycles. The molecule has 0 aliphatic rings. The van der Waals surface area contributed by atoms with Crippen LogP contribution in [0.4, 0.5) is 5.69 Å². The number of furan rings is 1. The number of carbonyl (C=O) groups is 1. The van der Waals surface area contributed by atoms with Gasteiger partial charge in [0, 0.05) is 17.5 Å². The fourth-order valence-corrected chi connectivity index (χ4v) is 5.94. The Morgan fingerprint density at radius 2 is 1.50 bits per heavy atom. The topological polar surface area (TPSA) is 86.0 Å². The minimum atomic E-state index is -3.99. The van der Waals surface area contributed by atoms with Crippen LogP contribution in [-0.4, -0.2) is 27.5 Å². The first-order valence-corrected chi connectivity index (χ1v) is 14.4. The van der Waals surface area contributed by atoms with E-state index in [1.54, 1.807) is 50.2 Å². The summed E-state index contributed by atoms with van der Waals surface area (Å²) >= 11 is 0. The molecule has 1 heterocycles. The number of ether oxygens (including phenoxy) is 2. The zero-order valence-electron chi connectivity index (χ0n) is 22.2. The summed E-state index contributed by atoms with van der Waals surface area (Å²) in [5, 5.41) is 0.541. The van der Waals surface area contributed by atoms with Gasteiger partial charge in [0.25, 0.3) is 10.0 Å². The van der Waals surface area contributed by atoms with Crippen molar-refractivity contribution in [2.75, 3.05) is 17.5 Å². The number of aryl methyl sites for hydroxylation is 1. The highest BCUT2D eigenvalue weighted by atomic mass is 32.2. The van der Waals surface area contributed by atoms with E-state index in [0.29, 0.717) is 40.1 Å². The highest BCUT2D eigenvalue weighted by molar-refractivity contribution is 7.92. The molecule has 4 aromatic carbocycles. The second-order valence-electron chi connectivity index (χ2n) is 9.16. The van der Waals surface area contributed by atoms with Crippen molar-refractivity contribution < 1.29 is 27.1 Å². The third-order valence-corrected chi connectivity index (χ3v) is 8.33. The van der Waals surface area contributed by atoms with Crippen molar-refractivity contribution in [2.45, 2.75) is 25.2 Å². The smallest absolute Gasteiger partial charge is 0.374 e. The minimum Gasteiger partial charge on any atom is -0.460 e. The van der Waals surface area contributed by atoms with Gasteiger partial charge < -0.3 is 13.9 Å². The van der Waals surface area contributed by atoms with Crippen LogP contribution in [0.25, 0.3) is 11.0 Å². The number of fused-ring (bicyclic) bond motifs is 1. The molecule has 0 unspecified atom stereocenters. The minimum absolute atomic E-state index is 0.0707. The molecule has 7 nitrogen and oxygen atoms in total. The number of sulfonamides is 1. The number of hydrogen-bond donors (Lipinski definition) is 0. The molecule has 5 rings (SSSR count). The van der Waals surface area contributed by atoms with E-state index in [1.165, 1.54) is 10.4 Å². The van der Waals surface area contributed by atoms with E-state index in [2.05, 4.69) is 0 Å². The molecule has 0 spiro atoms. The first-order valence-electron chi connectivity index (χ1n) is 13.0. The van der Waals surface area contributed by atoms with Crippen LogP contribution in [0.3, 0.4) is 0 Å². The van der Waals surface area contributed by atoms with Gasteiger partial charge in [0.15, 0.2) is 0 Å². The Kier molecular flexibility index (Phi) is 7.89. The number of carbonyl (C=O) groups excluding carboxylic acids is 1. The van der Waals surface area contributed by atoms with Crippen LogP contribution >= 0.6 is 0 Å². The summed E-state index contributed by atoms with van der Waals surface area (Å²) in [5.41, 5.74) is 2.47. The molecular weight excluding hydrogens is 526 g/mol. The fraction of sp³-hybridized carbons (Fsp3) is 0.156. The highest BCUT2D eigenvalue weighted by Gasteiger charge is 2.27. The molecule has 5 aromatic rings. The van der Waals surface area contributed by atoms with E-state index in [-0.39, 0.29) is 23.8 Å². The molecule has 0 amide bonds. The quantitative estimate of drug-likeness (QED) is 0.170. The van der Waals surface area contributed by atoms with Gasteiger partial charge in [-0.3, -0.25) is 4.31 Å². The summed E-state index contributed by atoms with van der Waals surface area (Å²) < 4.78 is 46.3. The molecule has 40 heavy (non-hydrogen) atoms. The first-order chi connectivity index (χ1) is 19.4. The van der Waals surface area contributed by atoms with E-state index in [1.807, 2.05) is 60.7 Å². The molecule has 0 atom stereocenters. The van der Waals surface area contributed by atoms with Crippen molar-refractivity contribution in [1.82, 2.24) is 0 Å². The Balaban J connectivity index is 1.49. The Labute approximate surface area is 233 Å². The van der Waals surface area contributed by atoms with Gasteiger partial charge in [-0.05, 0) is 80.4 Å². The number of hydrogen-bond acceptors (Lipinski definition) is 6. The maximum Gasteiger partial charge on any atom is 0.374 e. The van der Waals surface area contributed by atoms with E-state index in [4.69, 9.17) is 13.9 Å². The van der Waals surface area contributed by atoms with Crippen molar-refractivity contribution in [2.24, 2.45) is 0 Å². The summed E-state index contributed by atoms with van der Waals surface area (Å²) in [6, 6.07) is 30.7. The lowest BCUT2D eigenvalue weighted by atomic mass is 10.1. The van der Waals surface area contributed by atoms with E-state index < -0.39 is 16.0 Å². The van der Waals surface area contributed by atoms with Crippen molar-refractivity contribution in [3.05, 3.63) is 120 Å². The van der Waals surface area contributed by atoms with Crippen LogP contribution in [0.15, 0.2) is 112 Å². The van der Waals surface area contributed by atoms with Gasteiger partial charge in [-0.1, -0.05) is 48.5 Å². The number of nitrogens with zero attached hydrogens (tertiary/aromatic N) is 1. The molecular formula is C32H29NO6S. The summed E-state index contributed by atoms with van der Waals surface area (Å²) in [4.78, 5) is 12.4. The molecule has 204 valence electrons. The normalized spacial score (nSPS) is 11.3. The lowest BCUT2D eigenvalue weighted by molar-refractivity contribution is 0.0491. The standard InChI is InChI=1S/C32H29NO6S/c1-3-37-32(34)31-23(2)29-22-28(18-19-30(29)39-31)40(35,36)33(21-20-24-10-6-4-7-11-24)25-14-16-27(17-15-25)38-26-12-8-5-9-13-26/h4-19,22H,3,20-21H2,1-2H3. The average Bonchev–Trinajstić information content (AvgIpc) is 3.31. The van der Waals surface area contributed by atoms with Crippen LogP contribution in [-0.2, 0) is 21.2 Å². The van der Waals surface area contributed by atoms with Crippen molar-refractivity contribution in [3.63, 3.8) is 0 Å². The number of esters is 1. The van der Waals surface area contributed by atoms with Crippen LogP contribution in [0.5, 0.6) is 11.5 Å². The van der Waals surface area contributed by atoms with E-state index in [0.717, 1.165) is 5.56 Å². The number of rotatable bonds is 10. The number of benzene rings is 4. The predicted octanol–water partition coefficient (Wildman–Crippen LogP) is 7.15. The Hall–Kier alpha value is -4.56. The molecule has 0 fully saturated rings. The van der Waals surface area contributed by atoms with Crippen LogP contribution in [0.2, 0.25) is 0 Å². The van der Waals surface area contributed by atoms with Crippen LogP contribution in [0, 0.1) is 6.92 Å². The van der Waals surface area contributed by atoms with Crippen LogP contribution < -0.4 is 9.04 Å². The molecule has 0 aliphatic carbocycles. The summed E-state index contributed by atoms with van der Waals surface area (Å²) in [6.07, 6.45) is 0.516. The predicted molar refractivity (Wildman–Crippen MR) is 155 cm³/mol. The van der Waals surface area contributed by atoms with E-state index in [9.17, 15) is 13.2 Å². The van der Waals surface area contributed by atoms with Gasteiger partial charge in [-0.15, -0.1) is 0 Å². The van der Waals surface area contributed by atoms with Crippen molar-refractivity contribution >= 4 is 32.6 Å². The summed E-state index contributed by atoms with van der Waals surface area (Å²) in [5.74, 6) is 0.774. The Bertz CT molecular complexity index is 1710. The largest absolute Gasteiger partial charge is 0.460 e. The van der Waals surface area contributed by atoms with Gasteiger partial charge in [-0.2, -0.15) is 0 Å². The Morgan fingerprint density at radius 3 is 2.17 bits per heavy atom. The lowest BCUT2D eigenvalue weighted by Crippen LogP contribution is -2.33. The van der Waals surface area contributed by atoms with Gasteiger partial charge in [0.2, 0.25) is 5.76 Å².